The first-order chi connectivity index (χ1) is 14.3. The maximum Gasteiger partial charge on any atom is 0.191 e. The molecule has 0 radical (unpaired) electrons. The van der Waals surface area contributed by atoms with Crippen LogP contribution in [0.25, 0.3) is 0 Å². The number of hydrogen-bond acceptors (Lipinski definition) is 4. The largest absolute Gasteiger partial charge is 0.490 e. The van der Waals surface area contributed by atoms with Gasteiger partial charge in [-0.25, -0.2) is 0 Å². The van der Waals surface area contributed by atoms with Crippen molar-refractivity contribution in [3.05, 3.63) is 29.8 Å². The van der Waals surface area contributed by atoms with E-state index in [0.717, 1.165) is 63.3 Å². The molecule has 0 spiro atoms. The summed E-state index contributed by atoms with van der Waals surface area (Å²) in [4.78, 5) is 7.04. The first kappa shape index (κ1) is 23.6. The SMILES string of the molecule is CN=C(NCc1ccccc1OC1CCC1)NC1CCN(CC2CCOC2)CC1.I. The van der Waals surface area contributed by atoms with Crippen molar-refractivity contribution in [1.29, 1.82) is 0 Å². The maximum absolute atomic E-state index is 6.15. The minimum absolute atomic E-state index is 0. The lowest BCUT2D eigenvalue weighted by molar-refractivity contribution is 0.119. The van der Waals surface area contributed by atoms with Crippen LogP contribution >= 0.6 is 24.0 Å². The molecule has 1 aliphatic carbocycles. The third kappa shape index (κ3) is 6.72. The van der Waals surface area contributed by atoms with Crippen LogP contribution in [-0.4, -0.2) is 62.9 Å². The van der Waals surface area contributed by atoms with Gasteiger partial charge in [-0.15, -0.1) is 24.0 Å². The van der Waals surface area contributed by atoms with E-state index in [2.05, 4.69) is 44.8 Å². The zero-order valence-corrected chi connectivity index (χ0v) is 20.5. The molecule has 3 fully saturated rings. The van der Waals surface area contributed by atoms with Gasteiger partial charge < -0.3 is 25.0 Å². The number of nitrogens with zero attached hydrogens (tertiary/aromatic N) is 2. The van der Waals surface area contributed by atoms with Gasteiger partial charge in [0.15, 0.2) is 5.96 Å². The van der Waals surface area contributed by atoms with Gasteiger partial charge in [-0.05, 0) is 50.5 Å². The summed E-state index contributed by atoms with van der Waals surface area (Å²) in [6.07, 6.45) is 7.59. The molecule has 3 aliphatic rings. The second kappa shape index (κ2) is 12.1. The molecule has 7 heteroatoms. The van der Waals surface area contributed by atoms with Gasteiger partial charge in [0, 0.05) is 51.4 Å². The third-order valence-corrected chi connectivity index (χ3v) is 6.46. The fraction of sp³-hybridized carbons (Fsp3) is 0.696. The van der Waals surface area contributed by atoms with E-state index in [1.54, 1.807) is 0 Å². The standard InChI is InChI=1S/C23H36N4O2.HI/c1-24-23(25-15-19-5-2-3-8-22(19)29-21-6-4-7-21)26-20-9-12-27(13-10-20)16-18-11-14-28-17-18;/h2-3,5,8,18,20-21H,4,6-7,9-17H2,1H3,(H2,24,25,26);1H. The van der Waals surface area contributed by atoms with E-state index in [0.29, 0.717) is 12.1 Å². The van der Waals surface area contributed by atoms with Crippen molar-refractivity contribution in [2.24, 2.45) is 10.9 Å². The van der Waals surface area contributed by atoms with Crippen LogP contribution in [0.1, 0.15) is 44.1 Å². The number of likely N-dealkylation sites (tertiary alicyclic amines) is 1. The van der Waals surface area contributed by atoms with Crippen molar-refractivity contribution < 1.29 is 9.47 Å². The molecule has 30 heavy (non-hydrogen) atoms. The summed E-state index contributed by atoms with van der Waals surface area (Å²) < 4.78 is 11.7. The smallest absolute Gasteiger partial charge is 0.191 e. The Labute approximate surface area is 198 Å². The molecule has 0 aromatic heterocycles. The van der Waals surface area contributed by atoms with E-state index >= 15 is 0 Å². The predicted octanol–water partition coefficient (Wildman–Crippen LogP) is 3.40. The molecule has 2 saturated heterocycles. The molecular weight excluding hydrogens is 491 g/mol. The fourth-order valence-electron chi connectivity index (χ4n) is 4.35. The molecule has 168 valence electrons. The number of piperidine rings is 1. The molecule has 1 aromatic rings. The van der Waals surface area contributed by atoms with Crippen LogP contribution in [0.3, 0.4) is 0 Å². The van der Waals surface area contributed by atoms with Gasteiger partial charge in [0.1, 0.15) is 5.75 Å². The lowest BCUT2D eigenvalue weighted by Gasteiger charge is -2.34. The average molecular weight is 528 g/mol. The van der Waals surface area contributed by atoms with Gasteiger partial charge in [0.05, 0.1) is 12.7 Å². The van der Waals surface area contributed by atoms with E-state index in [1.165, 1.54) is 37.8 Å². The first-order valence-corrected chi connectivity index (χ1v) is 11.3. The van der Waals surface area contributed by atoms with Crippen molar-refractivity contribution >= 4 is 29.9 Å². The van der Waals surface area contributed by atoms with E-state index in [-0.39, 0.29) is 24.0 Å². The van der Waals surface area contributed by atoms with Crippen LogP contribution in [0.4, 0.5) is 0 Å². The summed E-state index contributed by atoms with van der Waals surface area (Å²) in [6.45, 7) is 6.12. The van der Waals surface area contributed by atoms with Gasteiger partial charge in [-0.2, -0.15) is 0 Å². The summed E-state index contributed by atoms with van der Waals surface area (Å²) >= 11 is 0. The number of aliphatic imine (C=N–C) groups is 1. The number of ether oxygens (including phenoxy) is 2. The number of nitrogens with one attached hydrogen (secondary N) is 2. The van der Waals surface area contributed by atoms with E-state index in [1.807, 2.05) is 7.05 Å². The molecule has 6 nitrogen and oxygen atoms in total. The van der Waals surface area contributed by atoms with E-state index < -0.39 is 0 Å². The molecule has 2 aliphatic heterocycles. The summed E-state index contributed by atoms with van der Waals surface area (Å²) in [5.74, 6) is 2.62. The number of halogens is 1. The molecule has 0 amide bonds. The number of guanidine groups is 1. The zero-order valence-electron chi connectivity index (χ0n) is 18.1. The molecular formula is C23H37IN4O2. The quantitative estimate of drug-likeness (QED) is 0.323. The van der Waals surface area contributed by atoms with Crippen LogP contribution in [0.2, 0.25) is 0 Å². The monoisotopic (exact) mass is 528 g/mol. The van der Waals surface area contributed by atoms with E-state index in [4.69, 9.17) is 9.47 Å². The Morgan fingerprint density at radius 2 is 1.97 bits per heavy atom. The molecule has 1 unspecified atom stereocenters. The second-order valence-corrected chi connectivity index (χ2v) is 8.65. The highest BCUT2D eigenvalue weighted by Crippen LogP contribution is 2.27. The van der Waals surface area contributed by atoms with Gasteiger partial charge in [-0.3, -0.25) is 4.99 Å². The van der Waals surface area contributed by atoms with Crippen molar-refractivity contribution in [3.63, 3.8) is 0 Å². The third-order valence-electron chi connectivity index (χ3n) is 6.46. The Balaban J connectivity index is 0.00000256. The number of hydrogen-bond donors (Lipinski definition) is 2. The lowest BCUT2D eigenvalue weighted by Crippen LogP contribution is -2.49. The molecule has 1 atom stereocenters. The Kier molecular flexibility index (Phi) is 9.52. The summed E-state index contributed by atoms with van der Waals surface area (Å²) in [6, 6.07) is 8.83. The molecule has 0 bridgehead atoms. The number of rotatable bonds is 7. The lowest BCUT2D eigenvalue weighted by atomic mass is 9.96. The van der Waals surface area contributed by atoms with Gasteiger partial charge in [0.2, 0.25) is 0 Å². The summed E-state index contributed by atoms with van der Waals surface area (Å²) in [7, 11) is 1.85. The average Bonchev–Trinajstić information content (AvgIpc) is 3.23. The Bertz CT molecular complexity index is 669. The van der Waals surface area contributed by atoms with Gasteiger partial charge in [0.25, 0.3) is 0 Å². The van der Waals surface area contributed by atoms with Crippen LogP contribution in [-0.2, 0) is 11.3 Å². The highest BCUT2D eigenvalue weighted by atomic mass is 127. The van der Waals surface area contributed by atoms with Crippen molar-refractivity contribution in [1.82, 2.24) is 15.5 Å². The van der Waals surface area contributed by atoms with Crippen LogP contribution in [0, 0.1) is 5.92 Å². The van der Waals surface area contributed by atoms with Crippen LogP contribution in [0.5, 0.6) is 5.75 Å². The molecule has 1 aromatic carbocycles. The normalized spacial score (nSPS) is 23.5. The summed E-state index contributed by atoms with van der Waals surface area (Å²) in [5.41, 5.74) is 1.19. The van der Waals surface area contributed by atoms with Crippen LogP contribution < -0.4 is 15.4 Å². The fourth-order valence-corrected chi connectivity index (χ4v) is 4.35. The Morgan fingerprint density at radius 1 is 1.17 bits per heavy atom. The summed E-state index contributed by atoms with van der Waals surface area (Å²) in [5, 5.41) is 7.10. The molecule has 2 heterocycles. The highest BCUT2D eigenvalue weighted by Gasteiger charge is 2.24. The first-order valence-electron chi connectivity index (χ1n) is 11.3. The molecule has 4 rings (SSSR count). The minimum Gasteiger partial charge on any atom is -0.490 e. The maximum atomic E-state index is 6.15. The predicted molar refractivity (Wildman–Crippen MR) is 132 cm³/mol. The molecule has 1 saturated carbocycles. The number of para-hydroxylation sites is 1. The van der Waals surface area contributed by atoms with Crippen molar-refractivity contribution in [2.45, 2.75) is 57.2 Å². The second-order valence-electron chi connectivity index (χ2n) is 8.65. The topological polar surface area (TPSA) is 58.1 Å². The Morgan fingerprint density at radius 3 is 2.63 bits per heavy atom. The molecule has 2 N–H and O–H groups in total. The minimum atomic E-state index is 0. The highest BCUT2D eigenvalue weighted by molar-refractivity contribution is 14.0. The zero-order chi connectivity index (χ0) is 19.9. The Hall–Kier alpha value is -1.06. The van der Waals surface area contributed by atoms with Crippen LogP contribution in [0.15, 0.2) is 29.3 Å². The number of benzene rings is 1. The van der Waals surface area contributed by atoms with Gasteiger partial charge >= 0.3 is 0 Å². The van der Waals surface area contributed by atoms with E-state index in [9.17, 15) is 0 Å². The van der Waals surface area contributed by atoms with Crippen molar-refractivity contribution in [3.8, 4) is 5.75 Å². The van der Waals surface area contributed by atoms with Crippen molar-refractivity contribution in [2.75, 3.05) is 39.9 Å². The van der Waals surface area contributed by atoms with Gasteiger partial charge in [-0.1, -0.05) is 18.2 Å².